The average Bonchev–Trinajstić information content (AvgIpc) is 2.49. The Hall–Kier alpha value is -2.11. The molecule has 0 unspecified atom stereocenters. The number of nitrogens with one attached hydrogen (secondary N) is 2. The van der Waals surface area contributed by atoms with E-state index < -0.39 is 4.92 Å². The number of nitro groups is 1. The lowest BCUT2D eigenvalue weighted by Gasteiger charge is -2.15. The van der Waals surface area contributed by atoms with Crippen molar-refractivity contribution in [2.24, 2.45) is 0 Å². The number of hydrogen-bond donors (Lipinski definition) is 2. The highest BCUT2D eigenvalue weighted by molar-refractivity contribution is 5.95. The third-order valence-corrected chi connectivity index (χ3v) is 3.34. The lowest BCUT2D eigenvalue weighted by atomic mass is 10.1. The molecule has 1 aromatic rings. The van der Waals surface area contributed by atoms with Crippen LogP contribution in [0.4, 0.5) is 11.4 Å². The van der Waals surface area contributed by atoms with Crippen LogP contribution in [0.5, 0.6) is 0 Å². The number of carbonyl (C=O) groups excluding carboxylic acids is 1. The normalized spacial score (nSPS) is 10.5. The van der Waals surface area contributed by atoms with Crippen molar-refractivity contribution in [1.29, 1.82) is 0 Å². The second-order valence-corrected chi connectivity index (χ2v) is 4.90. The van der Waals surface area contributed by atoms with Crippen LogP contribution in [0.25, 0.3) is 0 Å². The van der Waals surface area contributed by atoms with Crippen molar-refractivity contribution in [2.75, 3.05) is 11.9 Å². The Balaban J connectivity index is 2.96. The first-order valence-electron chi connectivity index (χ1n) is 7.36. The maximum absolute atomic E-state index is 12.1. The molecule has 6 heteroatoms. The van der Waals surface area contributed by atoms with E-state index in [4.69, 9.17) is 0 Å². The van der Waals surface area contributed by atoms with Gasteiger partial charge in [-0.15, -0.1) is 0 Å². The van der Waals surface area contributed by atoms with Gasteiger partial charge in [-0.05, 0) is 31.4 Å². The van der Waals surface area contributed by atoms with Gasteiger partial charge in [-0.2, -0.15) is 0 Å². The summed E-state index contributed by atoms with van der Waals surface area (Å²) in [6, 6.07) is 4.63. The number of hydrogen-bond acceptors (Lipinski definition) is 4. The van der Waals surface area contributed by atoms with Gasteiger partial charge in [0.05, 0.1) is 4.92 Å². The number of carbonyl (C=O) groups is 1. The molecule has 0 atom stereocenters. The number of nitro benzene ring substituents is 1. The van der Waals surface area contributed by atoms with E-state index in [0.29, 0.717) is 17.8 Å². The van der Waals surface area contributed by atoms with Crippen LogP contribution in [0.1, 0.15) is 50.4 Å². The minimum Gasteiger partial charge on any atom is -0.380 e. The summed E-state index contributed by atoms with van der Waals surface area (Å²) in [6.07, 6.45) is 2.54. The Labute approximate surface area is 125 Å². The van der Waals surface area contributed by atoms with Gasteiger partial charge in [0.2, 0.25) is 0 Å². The smallest absolute Gasteiger partial charge is 0.293 e. The summed E-state index contributed by atoms with van der Waals surface area (Å²) in [5, 5.41) is 17.0. The van der Waals surface area contributed by atoms with Gasteiger partial charge >= 0.3 is 0 Å². The molecule has 21 heavy (non-hydrogen) atoms. The van der Waals surface area contributed by atoms with Gasteiger partial charge < -0.3 is 10.6 Å². The van der Waals surface area contributed by atoms with E-state index in [2.05, 4.69) is 10.6 Å². The fraction of sp³-hybridized carbons (Fsp3) is 0.533. The molecule has 1 amide bonds. The molecule has 0 saturated heterocycles. The molecule has 1 aromatic carbocycles. The summed E-state index contributed by atoms with van der Waals surface area (Å²) in [5.74, 6) is -0.270. The van der Waals surface area contributed by atoms with E-state index in [1.807, 2.05) is 20.8 Å². The van der Waals surface area contributed by atoms with Gasteiger partial charge in [0.1, 0.15) is 5.69 Å². The number of anilines is 1. The van der Waals surface area contributed by atoms with E-state index in [-0.39, 0.29) is 17.6 Å². The highest BCUT2D eigenvalue weighted by Gasteiger charge is 2.18. The van der Waals surface area contributed by atoms with E-state index >= 15 is 0 Å². The van der Waals surface area contributed by atoms with Gasteiger partial charge in [-0.3, -0.25) is 14.9 Å². The van der Waals surface area contributed by atoms with Crippen LogP contribution in [-0.2, 0) is 0 Å². The third kappa shape index (κ3) is 4.73. The van der Waals surface area contributed by atoms with Crippen molar-refractivity contribution >= 4 is 17.3 Å². The Morgan fingerprint density at radius 1 is 1.29 bits per heavy atom. The lowest BCUT2D eigenvalue weighted by molar-refractivity contribution is -0.384. The Morgan fingerprint density at radius 2 is 1.95 bits per heavy atom. The number of rotatable bonds is 8. The minimum atomic E-state index is -0.466. The molecular weight excluding hydrogens is 270 g/mol. The molecule has 6 nitrogen and oxygen atoms in total. The quantitative estimate of drug-likeness (QED) is 0.568. The summed E-state index contributed by atoms with van der Waals surface area (Å²) in [7, 11) is 0. The number of nitrogens with zero attached hydrogens (tertiary/aromatic N) is 1. The Bertz CT molecular complexity index is 499. The van der Waals surface area contributed by atoms with Crippen molar-refractivity contribution in [3.05, 3.63) is 33.9 Å². The van der Waals surface area contributed by atoms with Crippen LogP contribution >= 0.6 is 0 Å². The van der Waals surface area contributed by atoms with Crippen LogP contribution in [0.3, 0.4) is 0 Å². The van der Waals surface area contributed by atoms with Crippen molar-refractivity contribution in [3.8, 4) is 0 Å². The summed E-state index contributed by atoms with van der Waals surface area (Å²) in [5.41, 5.74) is 0.692. The molecule has 0 bridgehead atoms. The summed E-state index contributed by atoms with van der Waals surface area (Å²) in [6.45, 7) is 6.62. The van der Waals surface area contributed by atoms with Crippen LogP contribution in [0.2, 0.25) is 0 Å². The van der Waals surface area contributed by atoms with Gasteiger partial charge in [0.15, 0.2) is 0 Å². The van der Waals surface area contributed by atoms with Crippen molar-refractivity contribution in [3.63, 3.8) is 0 Å². The maximum Gasteiger partial charge on any atom is 0.293 e. The summed E-state index contributed by atoms with van der Waals surface area (Å²) < 4.78 is 0. The molecule has 0 aliphatic heterocycles. The second kappa shape index (κ2) is 8.24. The monoisotopic (exact) mass is 293 g/mol. The van der Waals surface area contributed by atoms with Crippen molar-refractivity contribution < 1.29 is 9.72 Å². The number of amides is 1. The summed E-state index contributed by atoms with van der Waals surface area (Å²) in [4.78, 5) is 22.8. The van der Waals surface area contributed by atoms with E-state index in [0.717, 1.165) is 19.3 Å². The zero-order chi connectivity index (χ0) is 15.8. The van der Waals surface area contributed by atoms with Crippen LogP contribution in [0, 0.1) is 10.1 Å². The zero-order valence-electron chi connectivity index (χ0n) is 12.8. The average molecular weight is 293 g/mol. The highest BCUT2D eigenvalue weighted by Crippen LogP contribution is 2.25. The van der Waals surface area contributed by atoms with E-state index in [9.17, 15) is 14.9 Å². The maximum atomic E-state index is 12.1. The predicted molar refractivity (Wildman–Crippen MR) is 83.7 cm³/mol. The van der Waals surface area contributed by atoms with Gasteiger partial charge in [-0.1, -0.05) is 20.8 Å². The van der Waals surface area contributed by atoms with Crippen LogP contribution in [-0.4, -0.2) is 23.4 Å². The van der Waals surface area contributed by atoms with E-state index in [1.54, 1.807) is 12.1 Å². The molecule has 1 rings (SSSR count). The SMILES string of the molecule is CCCNc1ccc(C(=O)NC(CC)CC)cc1[N+](=O)[O-]. The first kappa shape index (κ1) is 16.9. The molecular formula is C15H23N3O3. The van der Waals surface area contributed by atoms with Crippen LogP contribution in [0.15, 0.2) is 18.2 Å². The second-order valence-electron chi connectivity index (χ2n) is 4.90. The van der Waals surface area contributed by atoms with E-state index in [1.165, 1.54) is 6.07 Å². The molecule has 2 N–H and O–H groups in total. The Kier molecular flexibility index (Phi) is 6.65. The van der Waals surface area contributed by atoms with Crippen LogP contribution < -0.4 is 10.6 Å². The fourth-order valence-electron chi connectivity index (χ4n) is 1.99. The molecule has 0 fully saturated rings. The van der Waals surface area contributed by atoms with Gasteiger partial charge in [0, 0.05) is 24.2 Å². The first-order valence-corrected chi connectivity index (χ1v) is 7.36. The molecule has 0 heterocycles. The summed E-state index contributed by atoms with van der Waals surface area (Å²) >= 11 is 0. The Morgan fingerprint density at radius 3 is 2.48 bits per heavy atom. The lowest BCUT2D eigenvalue weighted by Crippen LogP contribution is -2.33. The topological polar surface area (TPSA) is 84.3 Å². The molecule has 0 radical (unpaired) electrons. The fourth-order valence-corrected chi connectivity index (χ4v) is 1.99. The van der Waals surface area contributed by atoms with Gasteiger partial charge in [-0.25, -0.2) is 0 Å². The third-order valence-electron chi connectivity index (χ3n) is 3.34. The van der Waals surface area contributed by atoms with Crippen molar-refractivity contribution in [2.45, 2.75) is 46.1 Å². The number of benzene rings is 1. The van der Waals surface area contributed by atoms with Gasteiger partial charge in [0.25, 0.3) is 11.6 Å². The molecule has 0 aromatic heterocycles. The molecule has 0 aliphatic carbocycles. The molecule has 0 aliphatic rings. The molecule has 0 spiro atoms. The predicted octanol–water partition coefficient (Wildman–Crippen LogP) is 3.34. The standard InChI is InChI=1S/C15H23N3O3/c1-4-9-16-13-8-7-11(10-14(13)18(20)21)15(19)17-12(5-2)6-3/h7-8,10,12,16H,4-6,9H2,1-3H3,(H,17,19). The highest BCUT2D eigenvalue weighted by atomic mass is 16.6. The minimum absolute atomic E-state index is 0.0688. The zero-order valence-corrected chi connectivity index (χ0v) is 12.8. The molecule has 0 saturated carbocycles. The largest absolute Gasteiger partial charge is 0.380 e. The molecule has 116 valence electrons. The van der Waals surface area contributed by atoms with Crippen molar-refractivity contribution in [1.82, 2.24) is 5.32 Å². The first-order chi connectivity index (χ1) is 10.0.